The summed E-state index contributed by atoms with van der Waals surface area (Å²) in [5.41, 5.74) is 1.07. The molecule has 2 aliphatic heterocycles. The number of ether oxygens (including phenoxy) is 1. The average molecular weight is 384 g/mol. The van der Waals surface area contributed by atoms with Gasteiger partial charge in [-0.2, -0.15) is 0 Å². The van der Waals surface area contributed by atoms with Gasteiger partial charge in [0.05, 0.1) is 22.7 Å². The molecule has 3 atom stereocenters. The summed E-state index contributed by atoms with van der Waals surface area (Å²) in [7, 11) is 0. The predicted octanol–water partition coefficient (Wildman–Crippen LogP) is 3.01. The van der Waals surface area contributed by atoms with Gasteiger partial charge >= 0.3 is 0 Å². The highest BCUT2D eigenvalue weighted by Gasteiger charge is 2.41. The molecule has 2 bridgehead atoms. The first-order valence-corrected chi connectivity index (χ1v) is 9.09. The van der Waals surface area contributed by atoms with E-state index in [1.807, 2.05) is 6.07 Å². The fourth-order valence-electron chi connectivity index (χ4n) is 3.28. The van der Waals surface area contributed by atoms with Crippen LogP contribution < -0.4 is 10.6 Å². The molecule has 126 valence electrons. The molecule has 1 aromatic carbocycles. The van der Waals surface area contributed by atoms with Gasteiger partial charge in [-0.15, -0.1) is 0 Å². The Morgan fingerprint density at radius 1 is 1.43 bits per heavy atom. The molecule has 2 heterocycles. The van der Waals surface area contributed by atoms with Crippen LogP contribution in [0.25, 0.3) is 0 Å². The highest BCUT2D eigenvalue weighted by atomic mass is 79.9. The van der Waals surface area contributed by atoms with Crippen molar-refractivity contribution >= 4 is 21.9 Å². The van der Waals surface area contributed by atoms with Crippen LogP contribution in [0.5, 0.6) is 0 Å². The lowest BCUT2D eigenvalue weighted by molar-refractivity contribution is 0.0992. The first-order chi connectivity index (χ1) is 11.2. The molecule has 0 amide bonds. The monoisotopic (exact) mass is 383 g/mol. The number of hydrogen-bond acceptors (Lipinski definition) is 2. The Labute approximate surface area is 145 Å². The van der Waals surface area contributed by atoms with Crippen molar-refractivity contribution in [3.63, 3.8) is 0 Å². The summed E-state index contributed by atoms with van der Waals surface area (Å²) in [4.78, 5) is 4.64. The van der Waals surface area contributed by atoms with E-state index in [2.05, 4.69) is 38.5 Å². The van der Waals surface area contributed by atoms with Gasteiger partial charge in [-0.05, 0) is 66.2 Å². The summed E-state index contributed by atoms with van der Waals surface area (Å²) in [6.45, 7) is 3.55. The Kier molecular flexibility index (Phi) is 5.54. The van der Waals surface area contributed by atoms with Crippen LogP contribution in [0.1, 0.15) is 31.7 Å². The second-order valence-corrected chi connectivity index (χ2v) is 6.97. The van der Waals surface area contributed by atoms with Crippen molar-refractivity contribution < 1.29 is 9.13 Å². The number of hydrogen-bond donors (Lipinski definition) is 2. The molecule has 3 rings (SSSR count). The van der Waals surface area contributed by atoms with E-state index >= 15 is 0 Å². The van der Waals surface area contributed by atoms with Gasteiger partial charge in [0.15, 0.2) is 5.96 Å². The third-order valence-corrected chi connectivity index (χ3v) is 5.03. The van der Waals surface area contributed by atoms with Gasteiger partial charge in [0.1, 0.15) is 5.82 Å². The molecule has 2 aliphatic rings. The number of halogens is 2. The molecule has 2 N–H and O–H groups in total. The van der Waals surface area contributed by atoms with Gasteiger partial charge in [0.2, 0.25) is 0 Å². The number of nitrogens with zero attached hydrogens (tertiary/aromatic N) is 1. The van der Waals surface area contributed by atoms with Gasteiger partial charge in [-0.3, -0.25) is 4.99 Å². The van der Waals surface area contributed by atoms with E-state index in [9.17, 15) is 4.39 Å². The maximum atomic E-state index is 13.2. The number of benzene rings is 1. The molecular weight excluding hydrogens is 361 g/mol. The zero-order valence-electron chi connectivity index (χ0n) is 13.3. The zero-order chi connectivity index (χ0) is 16.2. The molecule has 1 aromatic rings. The smallest absolute Gasteiger partial charge is 0.191 e. The lowest BCUT2D eigenvalue weighted by Gasteiger charge is -2.22. The fraction of sp³-hybridized carbons (Fsp3) is 0.588. The van der Waals surface area contributed by atoms with Crippen LogP contribution in [0.15, 0.2) is 27.7 Å². The maximum absolute atomic E-state index is 13.2. The zero-order valence-corrected chi connectivity index (χ0v) is 14.9. The van der Waals surface area contributed by atoms with E-state index in [0.29, 0.717) is 29.3 Å². The Morgan fingerprint density at radius 2 is 2.30 bits per heavy atom. The molecule has 0 radical (unpaired) electrons. The Balaban J connectivity index is 1.54. The molecule has 0 aliphatic carbocycles. The van der Waals surface area contributed by atoms with Crippen molar-refractivity contribution in [3.8, 4) is 0 Å². The first-order valence-electron chi connectivity index (χ1n) is 8.30. The summed E-state index contributed by atoms with van der Waals surface area (Å²) in [6.07, 6.45) is 4.94. The normalized spacial score (nSPS) is 26.6. The van der Waals surface area contributed by atoms with Crippen LogP contribution in [0.4, 0.5) is 4.39 Å². The minimum absolute atomic E-state index is 0.233. The molecule has 6 heteroatoms. The first kappa shape index (κ1) is 16.7. The molecule has 23 heavy (non-hydrogen) atoms. The quantitative estimate of drug-likeness (QED) is 0.606. The van der Waals surface area contributed by atoms with E-state index in [0.717, 1.165) is 37.3 Å². The molecule has 2 fully saturated rings. The molecule has 0 aromatic heterocycles. The van der Waals surface area contributed by atoms with Crippen molar-refractivity contribution in [2.45, 2.75) is 50.9 Å². The highest BCUT2D eigenvalue weighted by Crippen LogP contribution is 2.34. The van der Waals surface area contributed by atoms with Crippen molar-refractivity contribution in [1.82, 2.24) is 10.6 Å². The maximum Gasteiger partial charge on any atom is 0.191 e. The van der Waals surface area contributed by atoms with E-state index in [4.69, 9.17) is 4.74 Å². The van der Waals surface area contributed by atoms with Crippen LogP contribution in [-0.4, -0.2) is 37.3 Å². The Hall–Kier alpha value is -1.14. The van der Waals surface area contributed by atoms with Crippen molar-refractivity contribution in [2.24, 2.45) is 4.99 Å². The van der Waals surface area contributed by atoms with Gasteiger partial charge in [0.25, 0.3) is 0 Å². The van der Waals surface area contributed by atoms with Crippen LogP contribution in [-0.2, 0) is 11.2 Å². The number of rotatable bonds is 5. The SMILES string of the molecule is CCNC(=NCCc1ccc(F)c(Br)c1)NC1CC2CCC1O2. The minimum Gasteiger partial charge on any atom is -0.373 e. The molecule has 3 unspecified atom stereocenters. The number of guanidine groups is 1. The number of aliphatic imine (C=N–C) groups is 1. The van der Waals surface area contributed by atoms with E-state index in [1.54, 1.807) is 6.07 Å². The predicted molar refractivity (Wildman–Crippen MR) is 93.2 cm³/mol. The van der Waals surface area contributed by atoms with E-state index < -0.39 is 0 Å². The second-order valence-electron chi connectivity index (χ2n) is 6.12. The molecule has 0 spiro atoms. The third kappa shape index (κ3) is 4.23. The summed E-state index contributed by atoms with van der Waals surface area (Å²) in [6, 6.07) is 5.47. The van der Waals surface area contributed by atoms with Crippen LogP contribution in [0.3, 0.4) is 0 Å². The average Bonchev–Trinajstić information content (AvgIpc) is 3.14. The number of nitrogens with one attached hydrogen (secondary N) is 2. The van der Waals surface area contributed by atoms with Crippen molar-refractivity contribution in [3.05, 3.63) is 34.1 Å². The molecule has 0 saturated carbocycles. The van der Waals surface area contributed by atoms with Gasteiger partial charge in [-0.25, -0.2) is 4.39 Å². The lowest BCUT2D eigenvalue weighted by Crippen LogP contribution is -2.47. The van der Waals surface area contributed by atoms with Crippen LogP contribution in [0, 0.1) is 5.82 Å². The van der Waals surface area contributed by atoms with E-state index in [1.165, 1.54) is 12.5 Å². The molecular formula is C17H23BrFN3O. The van der Waals surface area contributed by atoms with Gasteiger partial charge < -0.3 is 15.4 Å². The lowest BCUT2D eigenvalue weighted by atomic mass is 9.96. The third-order valence-electron chi connectivity index (χ3n) is 4.43. The summed E-state index contributed by atoms with van der Waals surface area (Å²) in [5, 5.41) is 6.79. The van der Waals surface area contributed by atoms with Gasteiger partial charge in [0, 0.05) is 13.1 Å². The van der Waals surface area contributed by atoms with Crippen molar-refractivity contribution in [2.75, 3.05) is 13.1 Å². The standard InChI is InChI=1S/C17H23BrFN3O/c1-2-20-17(22-15-10-12-4-6-16(15)23-12)21-8-7-11-3-5-14(19)13(18)9-11/h3,5,9,12,15-16H,2,4,6-8,10H2,1H3,(H2,20,21,22). The number of fused-ring (bicyclic) bond motifs is 2. The Morgan fingerprint density at radius 3 is 2.96 bits per heavy atom. The van der Waals surface area contributed by atoms with Crippen LogP contribution >= 0.6 is 15.9 Å². The van der Waals surface area contributed by atoms with Gasteiger partial charge in [-0.1, -0.05) is 6.07 Å². The minimum atomic E-state index is -0.233. The summed E-state index contributed by atoms with van der Waals surface area (Å²) >= 11 is 3.22. The van der Waals surface area contributed by atoms with Crippen LogP contribution in [0.2, 0.25) is 0 Å². The largest absolute Gasteiger partial charge is 0.373 e. The highest BCUT2D eigenvalue weighted by molar-refractivity contribution is 9.10. The Bertz CT molecular complexity index is 581. The summed E-state index contributed by atoms with van der Waals surface area (Å²) < 4.78 is 19.6. The molecule has 2 saturated heterocycles. The topological polar surface area (TPSA) is 45.7 Å². The van der Waals surface area contributed by atoms with Crippen molar-refractivity contribution in [1.29, 1.82) is 0 Å². The second kappa shape index (κ2) is 7.62. The summed E-state index contributed by atoms with van der Waals surface area (Å²) in [5.74, 6) is 0.610. The molecule has 4 nitrogen and oxygen atoms in total. The van der Waals surface area contributed by atoms with E-state index in [-0.39, 0.29) is 5.82 Å². The fourth-order valence-corrected chi connectivity index (χ4v) is 3.70.